The van der Waals surface area contributed by atoms with Crippen LogP contribution in [0.3, 0.4) is 0 Å². The van der Waals surface area contributed by atoms with Crippen LogP contribution >= 0.6 is 0 Å². The van der Waals surface area contributed by atoms with Gasteiger partial charge in [-0.1, -0.05) is 43.3 Å². The Morgan fingerprint density at radius 3 is 2.66 bits per heavy atom. The highest BCUT2D eigenvalue weighted by atomic mass is 16.5. The minimum atomic E-state index is -0.533. The fraction of sp³-hybridized carbons (Fsp3) is 0.217. The number of phenols is 1. The summed E-state index contributed by atoms with van der Waals surface area (Å²) in [6.45, 7) is 2.16. The molecule has 29 heavy (non-hydrogen) atoms. The smallest absolute Gasteiger partial charge is 0.268 e. The third kappa shape index (κ3) is 3.61. The lowest BCUT2D eigenvalue weighted by Gasteiger charge is -2.33. The first-order chi connectivity index (χ1) is 14.1. The molecule has 2 amide bonds. The van der Waals surface area contributed by atoms with E-state index in [4.69, 9.17) is 4.74 Å². The zero-order chi connectivity index (χ0) is 20.4. The standard InChI is InChI=1S/C23H22N2O4/c1-2-20-23(28)25(18-10-3-4-12-21(18)29-20)14-13-22(27)24-17-9-5-8-16-15(17)7-6-11-19(16)26/h3-12,20,26H,2,13-14H2,1H3,(H,24,27). The highest BCUT2D eigenvalue weighted by Gasteiger charge is 2.33. The summed E-state index contributed by atoms with van der Waals surface area (Å²) in [5.74, 6) is 0.489. The van der Waals surface area contributed by atoms with E-state index in [1.54, 1.807) is 35.2 Å². The van der Waals surface area contributed by atoms with Gasteiger partial charge in [0.15, 0.2) is 6.10 Å². The molecule has 0 saturated heterocycles. The first kappa shape index (κ1) is 18.8. The van der Waals surface area contributed by atoms with Crippen molar-refractivity contribution in [2.45, 2.75) is 25.9 Å². The van der Waals surface area contributed by atoms with Gasteiger partial charge in [0.1, 0.15) is 11.5 Å². The Hall–Kier alpha value is -3.54. The van der Waals surface area contributed by atoms with Crippen LogP contribution in [-0.2, 0) is 9.59 Å². The zero-order valence-electron chi connectivity index (χ0n) is 16.1. The minimum Gasteiger partial charge on any atom is -0.507 e. The van der Waals surface area contributed by atoms with Crippen molar-refractivity contribution in [1.82, 2.24) is 0 Å². The highest BCUT2D eigenvalue weighted by molar-refractivity contribution is 6.05. The fourth-order valence-electron chi connectivity index (χ4n) is 3.59. The lowest BCUT2D eigenvalue weighted by atomic mass is 10.1. The number of carbonyl (C=O) groups excluding carboxylic acids is 2. The van der Waals surface area contributed by atoms with Crippen LogP contribution in [0.1, 0.15) is 19.8 Å². The largest absolute Gasteiger partial charge is 0.507 e. The number of rotatable bonds is 5. The van der Waals surface area contributed by atoms with E-state index in [1.165, 1.54) is 0 Å². The van der Waals surface area contributed by atoms with Gasteiger partial charge < -0.3 is 20.1 Å². The van der Waals surface area contributed by atoms with Crippen LogP contribution in [0.25, 0.3) is 10.8 Å². The maximum atomic E-state index is 12.7. The number of nitrogens with zero attached hydrogens (tertiary/aromatic N) is 1. The second-order valence-corrected chi connectivity index (χ2v) is 6.95. The van der Waals surface area contributed by atoms with Gasteiger partial charge in [0.2, 0.25) is 5.91 Å². The Balaban J connectivity index is 1.50. The number of amides is 2. The van der Waals surface area contributed by atoms with Gasteiger partial charge in [-0.15, -0.1) is 0 Å². The predicted molar refractivity (Wildman–Crippen MR) is 112 cm³/mol. The Kier molecular flexibility index (Phi) is 5.08. The van der Waals surface area contributed by atoms with Gasteiger partial charge in [-0.3, -0.25) is 9.59 Å². The van der Waals surface area contributed by atoms with Gasteiger partial charge in [0.05, 0.1) is 5.69 Å². The van der Waals surface area contributed by atoms with Crippen molar-refractivity contribution < 1.29 is 19.4 Å². The number of hydrogen-bond acceptors (Lipinski definition) is 4. The molecule has 1 unspecified atom stereocenters. The van der Waals surface area contributed by atoms with E-state index in [2.05, 4.69) is 5.32 Å². The summed E-state index contributed by atoms with van der Waals surface area (Å²) in [5, 5.41) is 14.3. The molecular weight excluding hydrogens is 368 g/mol. The lowest BCUT2D eigenvalue weighted by molar-refractivity contribution is -0.126. The minimum absolute atomic E-state index is 0.130. The lowest BCUT2D eigenvalue weighted by Crippen LogP contribution is -2.46. The summed E-state index contributed by atoms with van der Waals surface area (Å²) >= 11 is 0. The average Bonchev–Trinajstić information content (AvgIpc) is 2.73. The van der Waals surface area contributed by atoms with E-state index in [-0.39, 0.29) is 30.5 Å². The van der Waals surface area contributed by atoms with Crippen LogP contribution in [-0.4, -0.2) is 29.6 Å². The van der Waals surface area contributed by atoms with Crippen molar-refractivity contribution in [3.8, 4) is 11.5 Å². The number of nitrogens with one attached hydrogen (secondary N) is 1. The number of carbonyl (C=O) groups is 2. The zero-order valence-corrected chi connectivity index (χ0v) is 16.1. The predicted octanol–water partition coefficient (Wildman–Crippen LogP) is 4.08. The molecule has 0 fully saturated rings. The van der Waals surface area contributed by atoms with E-state index in [0.29, 0.717) is 28.9 Å². The van der Waals surface area contributed by atoms with Crippen LogP contribution in [0.5, 0.6) is 11.5 Å². The van der Waals surface area contributed by atoms with E-state index < -0.39 is 6.10 Å². The number of fused-ring (bicyclic) bond motifs is 2. The monoisotopic (exact) mass is 390 g/mol. The Morgan fingerprint density at radius 2 is 1.83 bits per heavy atom. The molecule has 0 radical (unpaired) electrons. The summed E-state index contributed by atoms with van der Waals surface area (Å²) in [6.07, 6.45) is 0.176. The molecule has 1 atom stereocenters. The third-order valence-electron chi connectivity index (χ3n) is 5.07. The fourth-order valence-corrected chi connectivity index (χ4v) is 3.59. The van der Waals surface area contributed by atoms with Crippen molar-refractivity contribution in [1.29, 1.82) is 0 Å². The molecule has 0 aliphatic carbocycles. The van der Waals surface area contributed by atoms with Crippen molar-refractivity contribution in [3.63, 3.8) is 0 Å². The topological polar surface area (TPSA) is 78.9 Å². The van der Waals surface area contributed by atoms with Gasteiger partial charge >= 0.3 is 0 Å². The third-order valence-corrected chi connectivity index (χ3v) is 5.07. The molecule has 3 aromatic carbocycles. The first-order valence-electron chi connectivity index (χ1n) is 9.66. The maximum absolute atomic E-state index is 12.7. The molecule has 0 bridgehead atoms. The Labute approximate surface area is 168 Å². The number of anilines is 2. The van der Waals surface area contributed by atoms with Crippen molar-refractivity contribution >= 4 is 34.0 Å². The maximum Gasteiger partial charge on any atom is 0.268 e. The number of aromatic hydroxyl groups is 1. The number of phenolic OH excluding ortho intramolecular Hbond substituents is 1. The summed E-state index contributed by atoms with van der Waals surface area (Å²) in [4.78, 5) is 27.0. The molecule has 1 aliphatic heterocycles. The second kappa shape index (κ2) is 7.83. The number of benzene rings is 3. The van der Waals surface area contributed by atoms with Crippen LogP contribution in [0.2, 0.25) is 0 Å². The molecule has 3 aromatic rings. The van der Waals surface area contributed by atoms with Gasteiger partial charge in [-0.2, -0.15) is 0 Å². The second-order valence-electron chi connectivity index (χ2n) is 6.95. The Bertz CT molecular complexity index is 1080. The van der Waals surface area contributed by atoms with E-state index in [9.17, 15) is 14.7 Å². The van der Waals surface area contributed by atoms with Crippen LogP contribution in [0, 0.1) is 0 Å². The molecule has 0 spiro atoms. The molecule has 1 heterocycles. The normalized spacial score (nSPS) is 15.7. The van der Waals surface area contributed by atoms with E-state index in [0.717, 1.165) is 5.39 Å². The molecule has 6 nitrogen and oxygen atoms in total. The van der Waals surface area contributed by atoms with Crippen LogP contribution in [0.4, 0.5) is 11.4 Å². The van der Waals surface area contributed by atoms with Crippen molar-refractivity contribution in [3.05, 3.63) is 60.7 Å². The van der Waals surface area contributed by atoms with Gasteiger partial charge in [-0.25, -0.2) is 0 Å². The molecule has 148 valence electrons. The molecule has 6 heteroatoms. The van der Waals surface area contributed by atoms with Gasteiger partial charge in [0.25, 0.3) is 5.91 Å². The number of hydrogen-bond donors (Lipinski definition) is 2. The highest BCUT2D eigenvalue weighted by Crippen LogP contribution is 2.34. The average molecular weight is 390 g/mol. The van der Waals surface area contributed by atoms with Gasteiger partial charge in [0, 0.05) is 29.4 Å². The van der Waals surface area contributed by atoms with E-state index >= 15 is 0 Å². The summed E-state index contributed by atoms with van der Waals surface area (Å²) in [7, 11) is 0. The van der Waals surface area contributed by atoms with Crippen LogP contribution in [0.15, 0.2) is 60.7 Å². The quantitative estimate of drug-likeness (QED) is 0.688. The van der Waals surface area contributed by atoms with Gasteiger partial charge in [-0.05, 0) is 30.7 Å². The van der Waals surface area contributed by atoms with E-state index in [1.807, 2.05) is 37.3 Å². The van der Waals surface area contributed by atoms with Crippen molar-refractivity contribution in [2.75, 3.05) is 16.8 Å². The SMILES string of the molecule is CCC1Oc2ccccc2N(CCC(=O)Nc2cccc3c(O)cccc23)C1=O. The molecule has 0 saturated carbocycles. The summed E-state index contributed by atoms with van der Waals surface area (Å²) in [6, 6.07) is 17.9. The van der Waals surface area contributed by atoms with Crippen LogP contribution < -0.4 is 15.0 Å². The molecular formula is C23H22N2O4. The molecule has 0 aromatic heterocycles. The summed E-state index contributed by atoms with van der Waals surface area (Å²) < 4.78 is 5.77. The molecule has 4 rings (SSSR count). The number of para-hydroxylation sites is 2. The van der Waals surface area contributed by atoms with Crippen molar-refractivity contribution in [2.24, 2.45) is 0 Å². The first-order valence-corrected chi connectivity index (χ1v) is 9.66. The molecule has 2 N–H and O–H groups in total. The Morgan fingerprint density at radius 1 is 1.07 bits per heavy atom. The summed E-state index contributed by atoms with van der Waals surface area (Å²) in [5.41, 5.74) is 1.31. The number of ether oxygens (including phenoxy) is 1. The molecule has 1 aliphatic rings.